The Morgan fingerprint density at radius 3 is 2.53 bits per heavy atom. The van der Waals surface area contributed by atoms with Crippen molar-refractivity contribution in [1.82, 2.24) is 10.6 Å². The molecule has 0 aliphatic carbocycles. The fourth-order valence-corrected chi connectivity index (χ4v) is 1.29. The first-order valence-corrected chi connectivity index (χ1v) is 6.47. The van der Waals surface area contributed by atoms with E-state index >= 15 is 0 Å². The summed E-state index contributed by atoms with van der Waals surface area (Å²) in [6.07, 6.45) is 6.15. The Balaban J connectivity index is 0. The number of guanidine groups is 1. The van der Waals surface area contributed by atoms with E-state index in [-0.39, 0.29) is 24.0 Å². The van der Waals surface area contributed by atoms with Crippen molar-refractivity contribution >= 4 is 29.9 Å². The lowest BCUT2D eigenvalue weighted by molar-refractivity contribution is 0.0698. The van der Waals surface area contributed by atoms with Crippen molar-refractivity contribution < 1.29 is 9.47 Å². The summed E-state index contributed by atoms with van der Waals surface area (Å²) in [5.41, 5.74) is 0. The first kappa shape index (κ1) is 21.0. The largest absolute Gasteiger partial charge is 0.382 e. The van der Waals surface area contributed by atoms with Gasteiger partial charge in [0.05, 0.1) is 13.2 Å². The zero-order chi connectivity index (χ0) is 13.5. The molecule has 0 saturated heterocycles. The molecule has 6 heteroatoms. The van der Waals surface area contributed by atoms with Crippen LogP contribution in [0, 0.1) is 0 Å². The lowest BCUT2D eigenvalue weighted by Crippen LogP contribution is -2.38. The number of rotatable bonds is 10. The first-order chi connectivity index (χ1) is 8.85. The van der Waals surface area contributed by atoms with Gasteiger partial charge in [-0.1, -0.05) is 12.2 Å². The van der Waals surface area contributed by atoms with Gasteiger partial charge in [0, 0.05) is 33.9 Å². The third-order valence-electron chi connectivity index (χ3n) is 2.25. The van der Waals surface area contributed by atoms with Crippen LogP contribution in [0.15, 0.2) is 17.1 Å². The van der Waals surface area contributed by atoms with Gasteiger partial charge in [-0.15, -0.1) is 24.0 Å². The molecule has 19 heavy (non-hydrogen) atoms. The van der Waals surface area contributed by atoms with E-state index in [1.165, 1.54) is 0 Å². The van der Waals surface area contributed by atoms with Crippen molar-refractivity contribution in [3.8, 4) is 0 Å². The van der Waals surface area contributed by atoms with Crippen LogP contribution in [0.1, 0.15) is 19.8 Å². The normalized spacial score (nSPS) is 11.4. The maximum Gasteiger partial charge on any atom is 0.190 e. The molecule has 0 aliphatic rings. The summed E-state index contributed by atoms with van der Waals surface area (Å²) in [6.45, 7) is 5.83. The molecule has 0 aromatic rings. The summed E-state index contributed by atoms with van der Waals surface area (Å²) in [6, 6.07) is 0. The van der Waals surface area contributed by atoms with E-state index in [2.05, 4.69) is 27.8 Å². The zero-order valence-electron chi connectivity index (χ0n) is 12.3. The summed E-state index contributed by atoms with van der Waals surface area (Å²) in [5.74, 6) is 0.844. The molecule has 2 N–H and O–H groups in total. The number of methoxy groups -OCH3 is 1. The van der Waals surface area contributed by atoms with Gasteiger partial charge in [0.1, 0.15) is 0 Å². The summed E-state index contributed by atoms with van der Waals surface area (Å²) < 4.78 is 10.3. The third kappa shape index (κ3) is 15.6. The second-order valence-corrected chi connectivity index (χ2v) is 3.74. The second-order valence-electron chi connectivity index (χ2n) is 3.74. The van der Waals surface area contributed by atoms with Crippen molar-refractivity contribution in [2.45, 2.75) is 19.8 Å². The molecule has 114 valence electrons. The van der Waals surface area contributed by atoms with Crippen LogP contribution in [0.4, 0.5) is 0 Å². The fraction of sp³-hybridized carbons (Fsp3) is 0.769. The molecule has 0 unspecified atom stereocenters. The minimum Gasteiger partial charge on any atom is -0.382 e. The van der Waals surface area contributed by atoms with Gasteiger partial charge in [0.15, 0.2) is 5.96 Å². The highest BCUT2D eigenvalue weighted by Gasteiger charge is 1.95. The summed E-state index contributed by atoms with van der Waals surface area (Å²) in [7, 11) is 3.45. The monoisotopic (exact) mass is 385 g/mol. The molecule has 0 saturated carbocycles. The van der Waals surface area contributed by atoms with Crippen LogP contribution in [-0.4, -0.2) is 53.0 Å². The van der Waals surface area contributed by atoms with Crippen LogP contribution in [-0.2, 0) is 9.47 Å². The molecule has 0 radical (unpaired) electrons. The van der Waals surface area contributed by atoms with Crippen molar-refractivity contribution in [3.63, 3.8) is 0 Å². The predicted molar refractivity (Wildman–Crippen MR) is 91.5 cm³/mol. The minimum atomic E-state index is 0. The Kier molecular flexibility index (Phi) is 19.5. The molecular weight excluding hydrogens is 357 g/mol. The van der Waals surface area contributed by atoms with E-state index in [0.717, 1.165) is 38.5 Å². The first-order valence-electron chi connectivity index (χ1n) is 6.47. The van der Waals surface area contributed by atoms with E-state index in [4.69, 9.17) is 9.47 Å². The molecule has 0 aromatic heterocycles. The molecule has 0 bridgehead atoms. The number of allylic oxidation sites excluding steroid dienone is 1. The van der Waals surface area contributed by atoms with E-state index < -0.39 is 0 Å². The van der Waals surface area contributed by atoms with E-state index in [1.54, 1.807) is 14.2 Å². The van der Waals surface area contributed by atoms with E-state index in [1.807, 2.05) is 6.92 Å². The lowest BCUT2D eigenvalue weighted by atomic mass is 10.4. The summed E-state index contributed by atoms with van der Waals surface area (Å²) in [4.78, 5) is 4.14. The highest BCUT2D eigenvalue weighted by atomic mass is 127. The molecule has 0 rings (SSSR count). The number of nitrogens with one attached hydrogen (secondary N) is 2. The number of halogens is 1. The van der Waals surface area contributed by atoms with Crippen LogP contribution >= 0.6 is 24.0 Å². The van der Waals surface area contributed by atoms with Crippen molar-refractivity contribution in [3.05, 3.63) is 12.2 Å². The summed E-state index contributed by atoms with van der Waals surface area (Å²) >= 11 is 0. The molecule has 0 spiro atoms. The van der Waals surface area contributed by atoms with Crippen LogP contribution < -0.4 is 10.6 Å². The number of hydrogen-bond donors (Lipinski definition) is 2. The fourth-order valence-electron chi connectivity index (χ4n) is 1.29. The standard InChI is InChI=1S/C13H27N3O2.HI/c1-4-5-6-8-15-13(14-2)16-9-7-10-18-12-11-17-3;/h4-5H,6-12H2,1-3H3,(H2,14,15,16);1H/b5-4+;. The molecule has 0 fully saturated rings. The molecule has 0 atom stereocenters. The molecule has 0 heterocycles. The van der Waals surface area contributed by atoms with Gasteiger partial charge >= 0.3 is 0 Å². The Morgan fingerprint density at radius 1 is 1.16 bits per heavy atom. The number of nitrogens with zero attached hydrogens (tertiary/aromatic N) is 1. The third-order valence-corrected chi connectivity index (χ3v) is 2.25. The zero-order valence-corrected chi connectivity index (χ0v) is 14.6. The lowest BCUT2D eigenvalue weighted by Gasteiger charge is -2.11. The van der Waals surface area contributed by atoms with Crippen LogP contribution in [0.2, 0.25) is 0 Å². The Hall–Kier alpha value is -0.340. The highest BCUT2D eigenvalue weighted by molar-refractivity contribution is 14.0. The van der Waals surface area contributed by atoms with E-state index in [0.29, 0.717) is 13.2 Å². The number of ether oxygens (including phenoxy) is 2. The molecule has 5 nitrogen and oxygen atoms in total. The van der Waals surface area contributed by atoms with Gasteiger partial charge in [-0.3, -0.25) is 4.99 Å². The summed E-state index contributed by atoms with van der Waals surface area (Å²) in [5, 5.41) is 6.48. The van der Waals surface area contributed by atoms with Gasteiger partial charge in [0.2, 0.25) is 0 Å². The van der Waals surface area contributed by atoms with Gasteiger partial charge < -0.3 is 20.1 Å². The van der Waals surface area contributed by atoms with Crippen LogP contribution in [0.5, 0.6) is 0 Å². The second kappa shape index (κ2) is 17.7. The Bertz CT molecular complexity index is 236. The average molecular weight is 385 g/mol. The Labute approximate surface area is 134 Å². The topological polar surface area (TPSA) is 54.9 Å². The Morgan fingerprint density at radius 2 is 1.89 bits per heavy atom. The van der Waals surface area contributed by atoms with Crippen LogP contribution in [0.3, 0.4) is 0 Å². The van der Waals surface area contributed by atoms with Gasteiger partial charge in [-0.05, 0) is 19.8 Å². The SMILES string of the molecule is C/C=C/CCNC(=NC)NCCCOCCOC.I. The van der Waals surface area contributed by atoms with Gasteiger partial charge in [0.25, 0.3) is 0 Å². The van der Waals surface area contributed by atoms with Gasteiger partial charge in [-0.2, -0.15) is 0 Å². The number of aliphatic imine (C=N–C) groups is 1. The quantitative estimate of drug-likeness (QED) is 0.198. The predicted octanol–water partition coefficient (Wildman–Crippen LogP) is 1.79. The molecule has 0 aliphatic heterocycles. The van der Waals surface area contributed by atoms with Gasteiger partial charge in [-0.25, -0.2) is 0 Å². The smallest absolute Gasteiger partial charge is 0.190 e. The molecular formula is C13H28IN3O2. The van der Waals surface area contributed by atoms with Crippen LogP contribution in [0.25, 0.3) is 0 Å². The van der Waals surface area contributed by atoms with Crippen molar-refractivity contribution in [2.75, 3.05) is 47.1 Å². The minimum absolute atomic E-state index is 0. The average Bonchev–Trinajstić information content (AvgIpc) is 2.40. The maximum atomic E-state index is 5.37. The molecule has 0 aromatic carbocycles. The van der Waals surface area contributed by atoms with Crippen molar-refractivity contribution in [2.24, 2.45) is 4.99 Å². The molecule has 0 amide bonds. The highest BCUT2D eigenvalue weighted by Crippen LogP contribution is 1.83. The maximum absolute atomic E-state index is 5.37. The van der Waals surface area contributed by atoms with E-state index in [9.17, 15) is 0 Å². The number of hydrogen-bond acceptors (Lipinski definition) is 3. The van der Waals surface area contributed by atoms with Crippen molar-refractivity contribution in [1.29, 1.82) is 0 Å².